The number of ether oxygens (including phenoxy) is 2. The van der Waals surface area contributed by atoms with E-state index >= 15 is 0 Å². The SMILES string of the molecule is COCc1cccc(C(=O)OCC(=O)Nc2ccnn2C(C)C)c1. The van der Waals surface area contributed by atoms with Crippen LogP contribution in [0.5, 0.6) is 0 Å². The van der Waals surface area contributed by atoms with E-state index in [2.05, 4.69) is 10.4 Å². The second-order valence-corrected chi connectivity index (χ2v) is 5.51. The van der Waals surface area contributed by atoms with Gasteiger partial charge in [0.25, 0.3) is 5.91 Å². The maximum atomic E-state index is 12.0. The van der Waals surface area contributed by atoms with E-state index in [-0.39, 0.29) is 12.6 Å². The zero-order valence-electron chi connectivity index (χ0n) is 14.0. The van der Waals surface area contributed by atoms with Crippen LogP contribution in [0.25, 0.3) is 0 Å². The van der Waals surface area contributed by atoms with Crippen molar-refractivity contribution in [1.82, 2.24) is 9.78 Å². The third-order valence-electron chi connectivity index (χ3n) is 3.23. The minimum atomic E-state index is -0.555. The third-order valence-corrected chi connectivity index (χ3v) is 3.23. The molecule has 0 fully saturated rings. The zero-order chi connectivity index (χ0) is 17.5. The molecule has 0 aliphatic heterocycles. The summed E-state index contributed by atoms with van der Waals surface area (Å²) in [6, 6.07) is 8.70. The summed E-state index contributed by atoms with van der Waals surface area (Å²) < 4.78 is 11.8. The minimum absolute atomic E-state index is 0.112. The van der Waals surface area contributed by atoms with E-state index < -0.39 is 11.9 Å². The van der Waals surface area contributed by atoms with Crippen LogP contribution < -0.4 is 5.32 Å². The van der Waals surface area contributed by atoms with Gasteiger partial charge in [0.2, 0.25) is 0 Å². The lowest BCUT2D eigenvalue weighted by atomic mass is 10.1. The molecule has 2 rings (SSSR count). The first-order valence-corrected chi connectivity index (χ1v) is 7.59. The summed E-state index contributed by atoms with van der Waals surface area (Å²) in [7, 11) is 1.58. The fourth-order valence-corrected chi connectivity index (χ4v) is 2.17. The summed E-state index contributed by atoms with van der Waals surface area (Å²) in [5.41, 5.74) is 1.24. The molecule has 128 valence electrons. The standard InChI is InChI=1S/C17H21N3O4/c1-12(2)20-15(7-8-18-20)19-16(21)11-24-17(22)14-6-4-5-13(9-14)10-23-3/h4-9,12H,10-11H2,1-3H3,(H,19,21). The number of hydrogen-bond donors (Lipinski definition) is 1. The highest BCUT2D eigenvalue weighted by Crippen LogP contribution is 2.13. The van der Waals surface area contributed by atoms with Crippen molar-refractivity contribution in [3.63, 3.8) is 0 Å². The number of methoxy groups -OCH3 is 1. The second kappa shape index (κ2) is 8.26. The molecule has 0 radical (unpaired) electrons. The molecule has 1 N–H and O–H groups in total. The Kier molecular flexibility index (Phi) is 6.08. The number of nitrogens with one attached hydrogen (secondary N) is 1. The molecule has 1 amide bonds. The number of benzene rings is 1. The smallest absolute Gasteiger partial charge is 0.338 e. The van der Waals surface area contributed by atoms with Crippen molar-refractivity contribution in [1.29, 1.82) is 0 Å². The first-order valence-electron chi connectivity index (χ1n) is 7.59. The summed E-state index contributed by atoms with van der Waals surface area (Å²) in [4.78, 5) is 24.0. The van der Waals surface area contributed by atoms with Gasteiger partial charge in [-0.05, 0) is 31.5 Å². The molecular formula is C17H21N3O4. The normalized spacial score (nSPS) is 10.7. The predicted octanol–water partition coefficient (Wildman–Crippen LogP) is 2.41. The molecule has 0 bridgehead atoms. The number of hydrogen-bond acceptors (Lipinski definition) is 5. The van der Waals surface area contributed by atoms with Gasteiger partial charge in [0.15, 0.2) is 6.61 Å². The summed E-state index contributed by atoms with van der Waals surface area (Å²) in [6.07, 6.45) is 1.60. The molecule has 7 heteroatoms. The summed E-state index contributed by atoms with van der Waals surface area (Å²) in [5, 5.41) is 6.80. The van der Waals surface area contributed by atoms with E-state index in [1.54, 1.807) is 42.3 Å². The van der Waals surface area contributed by atoms with Crippen molar-refractivity contribution in [2.24, 2.45) is 0 Å². The highest BCUT2D eigenvalue weighted by Gasteiger charge is 2.13. The Morgan fingerprint density at radius 3 is 2.79 bits per heavy atom. The molecule has 2 aromatic rings. The molecule has 0 spiro atoms. The van der Waals surface area contributed by atoms with Crippen LogP contribution in [0.15, 0.2) is 36.5 Å². The van der Waals surface area contributed by atoms with Gasteiger partial charge in [0.05, 0.1) is 18.4 Å². The fraction of sp³-hybridized carbons (Fsp3) is 0.353. The Balaban J connectivity index is 1.90. The summed E-state index contributed by atoms with van der Waals surface area (Å²) in [6.45, 7) is 3.95. The second-order valence-electron chi connectivity index (χ2n) is 5.51. The molecule has 0 saturated carbocycles. The average Bonchev–Trinajstić information content (AvgIpc) is 3.01. The number of nitrogens with zero attached hydrogens (tertiary/aromatic N) is 2. The minimum Gasteiger partial charge on any atom is -0.452 e. The van der Waals surface area contributed by atoms with Crippen molar-refractivity contribution >= 4 is 17.7 Å². The van der Waals surface area contributed by atoms with Crippen molar-refractivity contribution in [3.05, 3.63) is 47.7 Å². The Morgan fingerprint density at radius 2 is 2.08 bits per heavy atom. The Morgan fingerprint density at radius 1 is 1.29 bits per heavy atom. The van der Waals surface area contributed by atoms with Crippen LogP contribution in [0.4, 0.5) is 5.82 Å². The first-order chi connectivity index (χ1) is 11.5. The average molecular weight is 331 g/mol. The van der Waals surface area contributed by atoms with Gasteiger partial charge in [0, 0.05) is 19.2 Å². The van der Waals surface area contributed by atoms with E-state index in [1.807, 2.05) is 19.9 Å². The van der Waals surface area contributed by atoms with Crippen LogP contribution in [-0.4, -0.2) is 35.4 Å². The van der Waals surface area contributed by atoms with Crippen LogP contribution in [0.1, 0.15) is 35.8 Å². The van der Waals surface area contributed by atoms with Crippen LogP contribution in [0, 0.1) is 0 Å². The van der Waals surface area contributed by atoms with Crippen molar-refractivity contribution in [2.75, 3.05) is 19.0 Å². The van der Waals surface area contributed by atoms with Gasteiger partial charge in [-0.1, -0.05) is 12.1 Å². The molecule has 7 nitrogen and oxygen atoms in total. The molecule has 0 atom stereocenters. The van der Waals surface area contributed by atoms with Crippen LogP contribution in [0.2, 0.25) is 0 Å². The maximum Gasteiger partial charge on any atom is 0.338 e. The molecule has 0 unspecified atom stereocenters. The number of anilines is 1. The Bertz CT molecular complexity index is 709. The number of aromatic nitrogens is 2. The number of carbonyl (C=O) groups is 2. The molecule has 1 aromatic heterocycles. The number of carbonyl (C=O) groups excluding carboxylic acids is 2. The molecule has 0 saturated heterocycles. The van der Waals surface area contributed by atoms with Crippen LogP contribution >= 0.6 is 0 Å². The van der Waals surface area contributed by atoms with Crippen molar-refractivity contribution in [2.45, 2.75) is 26.5 Å². The molecule has 0 aliphatic carbocycles. The lowest BCUT2D eigenvalue weighted by Gasteiger charge is -2.12. The Hall–Kier alpha value is -2.67. The Labute approximate surface area is 140 Å². The topological polar surface area (TPSA) is 82.4 Å². The van der Waals surface area contributed by atoms with Crippen molar-refractivity contribution in [3.8, 4) is 0 Å². The van der Waals surface area contributed by atoms with Gasteiger partial charge in [-0.25, -0.2) is 9.48 Å². The van der Waals surface area contributed by atoms with E-state index in [0.29, 0.717) is 18.0 Å². The third kappa shape index (κ3) is 4.66. The quantitative estimate of drug-likeness (QED) is 0.788. The van der Waals surface area contributed by atoms with Gasteiger partial charge >= 0.3 is 5.97 Å². The van der Waals surface area contributed by atoms with E-state index in [1.165, 1.54) is 0 Å². The molecular weight excluding hydrogens is 310 g/mol. The van der Waals surface area contributed by atoms with Gasteiger partial charge in [-0.2, -0.15) is 5.10 Å². The van der Waals surface area contributed by atoms with Crippen LogP contribution in [-0.2, 0) is 20.9 Å². The zero-order valence-corrected chi connectivity index (χ0v) is 14.0. The fourth-order valence-electron chi connectivity index (χ4n) is 2.17. The molecule has 1 aromatic carbocycles. The maximum absolute atomic E-state index is 12.0. The van der Waals surface area contributed by atoms with Gasteiger partial charge in [0.1, 0.15) is 5.82 Å². The molecule has 24 heavy (non-hydrogen) atoms. The van der Waals surface area contributed by atoms with Gasteiger partial charge in [-0.3, -0.25) is 4.79 Å². The predicted molar refractivity (Wildman–Crippen MR) is 88.7 cm³/mol. The highest BCUT2D eigenvalue weighted by atomic mass is 16.5. The number of esters is 1. The van der Waals surface area contributed by atoms with E-state index in [9.17, 15) is 9.59 Å². The van der Waals surface area contributed by atoms with Gasteiger partial charge in [-0.15, -0.1) is 0 Å². The van der Waals surface area contributed by atoms with E-state index in [4.69, 9.17) is 9.47 Å². The summed E-state index contributed by atoms with van der Waals surface area (Å²) in [5.74, 6) is -0.410. The monoisotopic (exact) mass is 331 g/mol. The lowest BCUT2D eigenvalue weighted by molar-refractivity contribution is -0.119. The largest absolute Gasteiger partial charge is 0.452 e. The number of rotatable bonds is 7. The lowest BCUT2D eigenvalue weighted by Crippen LogP contribution is -2.23. The van der Waals surface area contributed by atoms with E-state index in [0.717, 1.165) is 5.56 Å². The first kappa shape index (κ1) is 17.7. The van der Waals surface area contributed by atoms with Crippen LogP contribution in [0.3, 0.4) is 0 Å². The number of amides is 1. The van der Waals surface area contributed by atoms with Gasteiger partial charge < -0.3 is 14.8 Å². The summed E-state index contributed by atoms with van der Waals surface area (Å²) >= 11 is 0. The molecule has 0 aliphatic rings. The molecule has 1 heterocycles. The highest BCUT2D eigenvalue weighted by molar-refractivity contribution is 5.95. The van der Waals surface area contributed by atoms with Crippen molar-refractivity contribution < 1.29 is 19.1 Å².